The van der Waals surface area contributed by atoms with Crippen LogP contribution in [0.5, 0.6) is 0 Å². The van der Waals surface area contributed by atoms with Gasteiger partial charge in [-0.15, -0.1) is 17.8 Å². The number of terminal acetylenes is 1. The summed E-state index contributed by atoms with van der Waals surface area (Å²) >= 11 is 1.57. The topological polar surface area (TPSA) is 82.5 Å². The molecule has 33 heavy (non-hydrogen) atoms. The summed E-state index contributed by atoms with van der Waals surface area (Å²) in [5.41, 5.74) is 0.837. The summed E-state index contributed by atoms with van der Waals surface area (Å²) in [4.78, 5) is 32.9. The Hall–Kier alpha value is -1.91. The monoisotopic (exact) mass is 473 g/mol. The minimum Gasteiger partial charge on any atom is -0.392 e. The molecule has 0 saturated heterocycles. The van der Waals surface area contributed by atoms with Crippen LogP contribution in [0.1, 0.15) is 77.3 Å². The molecule has 2 aliphatic rings. The average Bonchev–Trinajstić information content (AvgIpc) is 3.07. The summed E-state index contributed by atoms with van der Waals surface area (Å²) in [5.74, 6) is 2.15. The maximum Gasteiger partial charge on any atom is 0.226 e. The number of aliphatic hydroxyl groups is 1. The summed E-state index contributed by atoms with van der Waals surface area (Å²) < 4.78 is 0. The van der Waals surface area contributed by atoms with Gasteiger partial charge < -0.3 is 15.3 Å². The number of fused-ring (bicyclic) bond motifs is 2. The largest absolute Gasteiger partial charge is 0.392 e. The van der Waals surface area contributed by atoms with Crippen LogP contribution in [0, 0.1) is 40.9 Å². The molecule has 0 radical (unpaired) electrons. The minimum atomic E-state index is -0.592. The maximum absolute atomic E-state index is 12.9. The zero-order valence-electron chi connectivity index (χ0n) is 21.1. The third-order valence-corrected chi connectivity index (χ3v) is 8.58. The summed E-state index contributed by atoms with van der Waals surface area (Å²) in [6, 6.07) is 0. The van der Waals surface area contributed by atoms with Crippen molar-refractivity contribution in [2.24, 2.45) is 28.6 Å². The summed E-state index contributed by atoms with van der Waals surface area (Å²) in [6.07, 6.45) is 7.82. The van der Waals surface area contributed by atoms with Crippen LogP contribution in [0.3, 0.4) is 0 Å². The van der Waals surface area contributed by atoms with Crippen LogP contribution in [0.2, 0.25) is 0 Å². The molecule has 1 aromatic heterocycles. The van der Waals surface area contributed by atoms with Crippen LogP contribution < -0.4 is 5.32 Å². The van der Waals surface area contributed by atoms with Crippen molar-refractivity contribution >= 4 is 28.3 Å². The van der Waals surface area contributed by atoms with E-state index < -0.39 is 6.10 Å². The third-order valence-electron chi connectivity index (χ3n) is 7.60. The zero-order chi connectivity index (χ0) is 24.7. The normalized spacial score (nSPS) is 29.9. The van der Waals surface area contributed by atoms with Crippen molar-refractivity contribution < 1.29 is 14.7 Å². The first-order valence-corrected chi connectivity index (χ1v) is 12.7. The number of amides is 2. The number of thiazole rings is 1. The lowest BCUT2D eigenvalue weighted by atomic mass is 9.53. The third kappa shape index (κ3) is 5.27. The molecule has 0 spiro atoms. The first-order chi connectivity index (χ1) is 15.3. The Morgan fingerprint density at radius 1 is 1.42 bits per heavy atom. The van der Waals surface area contributed by atoms with E-state index in [1.54, 1.807) is 23.3 Å². The molecule has 1 fully saturated rings. The summed E-state index contributed by atoms with van der Waals surface area (Å²) in [6.45, 7) is 12.7. The lowest BCUT2D eigenvalue weighted by Crippen LogP contribution is -2.53. The Kier molecular flexibility index (Phi) is 7.31. The van der Waals surface area contributed by atoms with E-state index in [0.717, 1.165) is 25.0 Å². The van der Waals surface area contributed by atoms with Gasteiger partial charge in [-0.05, 0) is 41.9 Å². The molecule has 0 unspecified atom stereocenters. The summed E-state index contributed by atoms with van der Waals surface area (Å²) in [5, 5.41) is 15.2. The number of hydrogen-bond acceptors (Lipinski definition) is 5. The van der Waals surface area contributed by atoms with Gasteiger partial charge in [-0.3, -0.25) is 9.59 Å². The second-order valence-electron chi connectivity index (χ2n) is 11.6. The van der Waals surface area contributed by atoms with Crippen molar-refractivity contribution in [3.05, 3.63) is 10.6 Å². The number of nitrogens with one attached hydrogen (secondary N) is 1. The van der Waals surface area contributed by atoms with Crippen molar-refractivity contribution in [2.45, 2.75) is 79.2 Å². The van der Waals surface area contributed by atoms with Gasteiger partial charge in [0.2, 0.25) is 11.8 Å². The molecular formula is C26H39N3O3S. The number of nitrogens with zero attached hydrogens (tertiary/aromatic N) is 2. The maximum atomic E-state index is 12.9. The number of carbonyl (C=O) groups excluding carboxylic acids is 2. The van der Waals surface area contributed by atoms with E-state index in [-0.39, 0.29) is 52.9 Å². The lowest BCUT2D eigenvalue weighted by Gasteiger charge is -2.53. The molecule has 2 amide bonds. The molecule has 7 heteroatoms. The molecule has 3 rings (SSSR count). The Morgan fingerprint density at radius 3 is 2.70 bits per heavy atom. The molecule has 1 saturated carbocycles. The first-order valence-electron chi connectivity index (χ1n) is 11.9. The van der Waals surface area contributed by atoms with Crippen molar-refractivity contribution in [1.29, 1.82) is 0 Å². The van der Waals surface area contributed by atoms with Crippen LogP contribution in [-0.4, -0.2) is 46.5 Å². The molecule has 6 atom stereocenters. The second-order valence-corrected chi connectivity index (χ2v) is 12.7. The fraction of sp³-hybridized carbons (Fsp3) is 0.731. The highest BCUT2D eigenvalue weighted by atomic mass is 32.1. The van der Waals surface area contributed by atoms with Gasteiger partial charge in [0.05, 0.1) is 18.3 Å². The summed E-state index contributed by atoms with van der Waals surface area (Å²) in [7, 11) is 1.72. The van der Waals surface area contributed by atoms with Crippen LogP contribution in [0.4, 0.5) is 5.13 Å². The number of rotatable bonds is 5. The van der Waals surface area contributed by atoms with Gasteiger partial charge in [0.1, 0.15) is 0 Å². The quantitative estimate of drug-likeness (QED) is 0.625. The van der Waals surface area contributed by atoms with E-state index in [9.17, 15) is 14.7 Å². The van der Waals surface area contributed by atoms with Crippen molar-refractivity contribution in [1.82, 2.24) is 9.88 Å². The molecule has 1 heterocycles. The molecule has 2 N–H and O–H groups in total. The lowest BCUT2D eigenvalue weighted by molar-refractivity contribution is -0.142. The van der Waals surface area contributed by atoms with Crippen molar-refractivity contribution in [2.75, 3.05) is 18.9 Å². The Balaban J connectivity index is 1.81. The molecule has 0 aromatic carbocycles. The smallest absolute Gasteiger partial charge is 0.226 e. The van der Waals surface area contributed by atoms with E-state index in [4.69, 9.17) is 11.4 Å². The number of aromatic nitrogens is 1. The molecule has 0 aliphatic heterocycles. The van der Waals surface area contributed by atoms with Crippen LogP contribution in [-0.2, 0) is 16.0 Å². The van der Waals surface area contributed by atoms with Gasteiger partial charge in [-0.1, -0.05) is 47.5 Å². The van der Waals surface area contributed by atoms with Crippen molar-refractivity contribution in [3.63, 3.8) is 0 Å². The van der Waals surface area contributed by atoms with Crippen LogP contribution >= 0.6 is 11.3 Å². The molecule has 182 valence electrons. The highest BCUT2D eigenvalue weighted by molar-refractivity contribution is 7.15. The number of hydrogen-bond donors (Lipinski definition) is 2. The number of carbonyl (C=O) groups is 2. The molecule has 6 nitrogen and oxygen atoms in total. The fourth-order valence-corrected chi connectivity index (χ4v) is 7.27. The molecule has 2 aliphatic carbocycles. The van der Waals surface area contributed by atoms with E-state index in [1.807, 2.05) is 27.7 Å². The predicted octanol–water partition coefficient (Wildman–Crippen LogP) is 4.30. The molecule has 0 bridgehead atoms. The van der Waals surface area contributed by atoms with Gasteiger partial charge in [0, 0.05) is 30.2 Å². The number of aliphatic hydroxyl groups excluding tert-OH is 1. The highest BCUT2D eigenvalue weighted by Gasteiger charge is 2.54. The zero-order valence-corrected chi connectivity index (χ0v) is 21.9. The molecule has 1 aromatic rings. The number of anilines is 1. The Morgan fingerprint density at radius 2 is 2.09 bits per heavy atom. The standard InChI is InChI=1S/C26H39N3O3S/c1-9-12-29(8)23(32)15(2)17-10-11-26(7)13-18-21(16(3)20(26)22(17)31)28-24(33-18)27-19(30)14-25(4,5)6/h1,15-17,20,22,31H,10-14H2,2-8H3,(H,27,28,30)/t15-,16-,17-,20+,22-,26+/m0/s1. The van der Waals surface area contributed by atoms with Gasteiger partial charge in [-0.2, -0.15) is 0 Å². The highest BCUT2D eigenvalue weighted by Crippen LogP contribution is 2.57. The Bertz CT molecular complexity index is 944. The average molecular weight is 474 g/mol. The second kappa shape index (κ2) is 9.38. The first kappa shape index (κ1) is 25.7. The van der Waals surface area contributed by atoms with E-state index >= 15 is 0 Å². The van der Waals surface area contributed by atoms with Gasteiger partial charge in [-0.25, -0.2) is 4.98 Å². The van der Waals surface area contributed by atoms with E-state index in [1.165, 1.54) is 4.88 Å². The SMILES string of the molecule is C#CCN(C)C(=O)[C@@H](C)[C@@H]1CC[C@]2(C)Cc3sc(NC(=O)CC(C)(C)C)nc3[C@@H](C)[C@@H]2[C@H]1O. The van der Waals surface area contributed by atoms with E-state index in [2.05, 4.69) is 25.1 Å². The van der Waals surface area contributed by atoms with Gasteiger partial charge in [0.25, 0.3) is 0 Å². The minimum absolute atomic E-state index is 0.0113. The van der Waals surface area contributed by atoms with Crippen LogP contribution in [0.15, 0.2) is 0 Å². The predicted molar refractivity (Wildman–Crippen MR) is 133 cm³/mol. The van der Waals surface area contributed by atoms with E-state index in [0.29, 0.717) is 11.6 Å². The van der Waals surface area contributed by atoms with Gasteiger partial charge >= 0.3 is 0 Å². The molecular weight excluding hydrogens is 434 g/mol. The van der Waals surface area contributed by atoms with Gasteiger partial charge in [0.15, 0.2) is 5.13 Å². The Labute approximate surface area is 202 Å². The fourth-order valence-electron chi connectivity index (χ4n) is 5.99. The van der Waals surface area contributed by atoms with Crippen molar-refractivity contribution in [3.8, 4) is 12.3 Å². The van der Waals surface area contributed by atoms with Crippen LogP contribution in [0.25, 0.3) is 0 Å².